The van der Waals surface area contributed by atoms with E-state index in [0.29, 0.717) is 6.61 Å². The van der Waals surface area contributed by atoms with Crippen molar-refractivity contribution in [1.82, 2.24) is 4.98 Å². The molecule has 1 unspecified atom stereocenters. The molecule has 0 saturated heterocycles. The van der Waals surface area contributed by atoms with Crippen LogP contribution in [0.1, 0.15) is 19.5 Å². The Morgan fingerprint density at radius 3 is 3.07 bits per heavy atom. The molecule has 0 spiro atoms. The quantitative estimate of drug-likeness (QED) is 0.764. The number of hydrogen-bond acceptors (Lipinski definition) is 2. The number of aromatic nitrogens is 1. The van der Waals surface area contributed by atoms with Crippen LogP contribution >= 0.6 is 0 Å². The highest BCUT2D eigenvalue weighted by Gasteiger charge is 2.30. The first-order valence-electron chi connectivity index (χ1n) is 4.70. The molecular weight excluding hydrogens is 176 g/mol. The normalized spacial score (nSPS) is 26.6. The molecule has 0 fully saturated rings. The van der Waals surface area contributed by atoms with Crippen LogP contribution < -0.4 is 0 Å². The summed E-state index contributed by atoms with van der Waals surface area (Å²) in [6.07, 6.45) is 6.10. The van der Waals surface area contributed by atoms with Gasteiger partial charge in [-0.2, -0.15) is 0 Å². The standard InChI is InChI=1S/C11H14N2O/c1-9-11(2,8-14-13-9)6-5-10-4-3-7-12-10/h3-7,12H,8H2,1-2H3. The lowest BCUT2D eigenvalue weighted by atomic mass is 9.87. The summed E-state index contributed by atoms with van der Waals surface area (Å²) in [4.78, 5) is 8.19. The molecule has 1 atom stereocenters. The second kappa shape index (κ2) is 3.33. The van der Waals surface area contributed by atoms with E-state index in [1.165, 1.54) is 0 Å². The molecule has 2 rings (SSSR count). The summed E-state index contributed by atoms with van der Waals surface area (Å²) in [6, 6.07) is 4.01. The fourth-order valence-corrected chi connectivity index (χ4v) is 1.36. The number of rotatable bonds is 2. The SMILES string of the molecule is CC1=NOCC1(C)C=Cc1ccc[nH]1. The van der Waals surface area contributed by atoms with Crippen LogP contribution in [0, 0.1) is 5.41 Å². The Bertz CT molecular complexity index is 365. The second-order valence-corrected chi connectivity index (χ2v) is 3.83. The molecule has 2 heterocycles. The Kier molecular flexibility index (Phi) is 2.15. The number of oxime groups is 1. The van der Waals surface area contributed by atoms with Crippen molar-refractivity contribution in [3.63, 3.8) is 0 Å². The minimum atomic E-state index is -0.0505. The molecule has 1 N–H and O–H groups in total. The molecule has 0 aromatic carbocycles. The van der Waals surface area contributed by atoms with Crippen molar-refractivity contribution < 1.29 is 4.84 Å². The third-order valence-electron chi connectivity index (χ3n) is 2.65. The summed E-state index contributed by atoms with van der Waals surface area (Å²) in [6.45, 7) is 4.75. The van der Waals surface area contributed by atoms with Crippen LogP contribution in [0.4, 0.5) is 0 Å². The van der Waals surface area contributed by atoms with Gasteiger partial charge in [0.2, 0.25) is 0 Å². The van der Waals surface area contributed by atoms with Crippen LogP contribution in [0.3, 0.4) is 0 Å². The monoisotopic (exact) mass is 190 g/mol. The van der Waals surface area contributed by atoms with Gasteiger partial charge in [0, 0.05) is 11.9 Å². The minimum Gasteiger partial charge on any atom is -0.395 e. The van der Waals surface area contributed by atoms with Crippen molar-refractivity contribution in [3.05, 3.63) is 30.1 Å². The van der Waals surface area contributed by atoms with Crippen LogP contribution in [0.25, 0.3) is 6.08 Å². The molecule has 1 aromatic rings. The molecule has 0 bridgehead atoms. The van der Waals surface area contributed by atoms with E-state index in [1.807, 2.05) is 25.3 Å². The smallest absolute Gasteiger partial charge is 0.131 e. The Balaban J connectivity index is 2.14. The van der Waals surface area contributed by atoms with E-state index < -0.39 is 0 Å². The van der Waals surface area contributed by atoms with E-state index in [0.717, 1.165) is 11.4 Å². The fraction of sp³-hybridized carbons (Fsp3) is 0.364. The Hall–Kier alpha value is -1.51. The summed E-state index contributed by atoms with van der Waals surface area (Å²) in [5.74, 6) is 0. The largest absolute Gasteiger partial charge is 0.395 e. The zero-order chi connectivity index (χ0) is 10.0. The van der Waals surface area contributed by atoms with Gasteiger partial charge in [0.1, 0.15) is 6.61 Å². The maximum atomic E-state index is 5.07. The topological polar surface area (TPSA) is 37.4 Å². The van der Waals surface area contributed by atoms with Crippen LogP contribution in [0.2, 0.25) is 0 Å². The van der Waals surface area contributed by atoms with Crippen LogP contribution in [0.5, 0.6) is 0 Å². The zero-order valence-corrected chi connectivity index (χ0v) is 8.45. The average molecular weight is 190 g/mol. The fourth-order valence-electron chi connectivity index (χ4n) is 1.36. The average Bonchev–Trinajstić information content (AvgIpc) is 2.75. The van der Waals surface area contributed by atoms with E-state index in [9.17, 15) is 0 Å². The van der Waals surface area contributed by atoms with Crippen LogP contribution in [-0.4, -0.2) is 17.3 Å². The molecule has 1 aromatic heterocycles. The molecule has 0 radical (unpaired) electrons. The van der Waals surface area contributed by atoms with Gasteiger partial charge >= 0.3 is 0 Å². The van der Waals surface area contributed by atoms with Gasteiger partial charge in [-0.3, -0.25) is 0 Å². The number of hydrogen-bond donors (Lipinski definition) is 1. The van der Waals surface area contributed by atoms with Gasteiger partial charge in [-0.1, -0.05) is 11.2 Å². The highest BCUT2D eigenvalue weighted by Crippen LogP contribution is 2.27. The lowest BCUT2D eigenvalue weighted by Gasteiger charge is -2.15. The van der Waals surface area contributed by atoms with E-state index in [1.54, 1.807) is 0 Å². The highest BCUT2D eigenvalue weighted by atomic mass is 16.6. The molecule has 74 valence electrons. The van der Waals surface area contributed by atoms with Crippen molar-refractivity contribution in [2.75, 3.05) is 6.61 Å². The molecule has 14 heavy (non-hydrogen) atoms. The lowest BCUT2D eigenvalue weighted by molar-refractivity contribution is 0.141. The minimum absolute atomic E-state index is 0.0505. The molecule has 0 aliphatic carbocycles. The summed E-state index contributed by atoms with van der Waals surface area (Å²) in [5.41, 5.74) is 2.08. The molecular formula is C11H14N2O. The van der Waals surface area contributed by atoms with E-state index in [4.69, 9.17) is 4.84 Å². The van der Waals surface area contributed by atoms with Crippen molar-refractivity contribution in [2.24, 2.45) is 10.6 Å². The lowest BCUT2D eigenvalue weighted by Crippen LogP contribution is -2.22. The third kappa shape index (κ3) is 1.58. The molecule has 3 heteroatoms. The van der Waals surface area contributed by atoms with Gasteiger partial charge in [0.05, 0.1) is 11.1 Å². The summed E-state index contributed by atoms with van der Waals surface area (Å²) < 4.78 is 0. The van der Waals surface area contributed by atoms with E-state index >= 15 is 0 Å². The molecule has 1 aliphatic rings. The first-order chi connectivity index (χ1) is 6.71. The predicted octanol–water partition coefficient (Wildman–Crippen LogP) is 2.44. The van der Waals surface area contributed by atoms with Crippen molar-refractivity contribution >= 4 is 11.8 Å². The number of aromatic amines is 1. The first-order valence-corrected chi connectivity index (χ1v) is 4.70. The van der Waals surface area contributed by atoms with E-state index in [-0.39, 0.29) is 5.41 Å². The highest BCUT2D eigenvalue weighted by molar-refractivity contribution is 5.90. The van der Waals surface area contributed by atoms with Gasteiger partial charge in [-0.25, -0.2) is 0 Å². The third-order valence-corrected chi connectivity index (χ3v) is 2.65. The molecule has 0 amide bonds. The molecule has 3 nitrogen and oxygen atoms in total. The van der Waals surface area contributed by atoms with Gasteiger partial charge < -0.3 is 9.82 Å². The molecule has 1 aliphatic heterocycles. The Morgan fingerprint density at radius 2 is 2.50 bits per heavy atom. The Morgan fingerprint density at radius 1 is 1.64 bits per heavy atom. The first kappa shape index (κ1) is 9.06. The van der Waals surface area contributed by atoms with Crippen molar-refractivity contribution in [2.45, 2.75) is 13.8 Å². The second-order valence-electron chi connectivity index (χ2n) is 3.83. The van der Waals surface area contributed by atoms with Gasteiger partial charge in [0.15, 0.2) is 0 Å². The zero-order valence-electron chi connectivity index (χ0n) is 8.45. The summed E-state index contributed by atoms with van der Waals surface area (Å²) in [5, 5.41) is 3.94. The van der Waals surface area contributed by atoms with E-state index in [2.05, 4.69) is 29.2 Å². The number of nitrogens with zero attached hydrogens (tertiary/aromatic N) is 1. The van der Waals surface area contributed by atoms with Gasteiger partial charge in [0.25, 0.3) is 0 Å². The maximum Gasteiger partial charge on any atom is 0.131 e. The van der Waals surface area contributed by atoms with Gasteiger partial charge in [-0.15, -0.1) is 0 Å². The van der Waals surface area contributed by atoms with Crippen molar-refractivity contribution in [1.29, 1.82) is 0 Å². The van der Waals surface area contributed by atoms with Gasteiger partial charge in [-0.05, 0) is 32.1 Å². The van der Waals surface area contributed by atoms with Crippen LogP contribution in [0.15, 0.2) is 29.6 Å². The Labute approximate surface area is 83.5 Å². The van der Waals surface area contributed by atoms with Crippen LogP contribution in [-0.2, 0) is 4.84 Å². The number of H-pyrrole nitrogens is 1. The summed E-state index contributed by atoms with van der Waals surface area (Å²) in [7, 11) is 0. The number of nitrogens with one attached hydrogen (secondary N) is 1. The predicted molar refractivity (Wildman–Crippen MR) is 57.0 cm³/mol. The maximum absolute atomic E-state index is 5.07. The molecule has 0 saturated carbocycles. The summed E-state index contributed by atoms with van der Waals surface area (Å²) >= 11 is 0. The van der Waals surface area contributed by atoms with Crippen molar-refractivity contribution in [3.8, 4) is 0 Å².